The van der Waals surface area contributed by atoms with Crippen LogP contribution in [0, 0.1) is 6.92 Å². The second kappa shape index (κ2) is 4.61. The Morgan fingerprint density at radius 3 is 2.39 bits per heavy atom. The van der Waals surface area contributed by atoms with Crippen LogP contribution in [0.5, 0.6) is 0 Å². The van der Waals surface area contributed by atoms with E-state index in [0.29, 0.717) is 5.56 Å². The van der Waals surface area contributed by atoms with E-state index in [4.69, 9.17) is 0 Å². The average molecular weight is 268 g/mol. The van der Waals surface area contributed by atoms with Gasteiger partial charge in [-0.1, -0.05) is 24.8 Å². The fourth-order valence-electron chi connectivity index (χ4n) is 1.72. The zero-order chi connectivity index (χ0) is 13.3. The lowest BCUT2D eigenvalue weighted by Crippen LogP contribution is -2.07. The number of rotatable bonds is 2. The van der Waals surface area contributed by atoms with Crippen LogP contribution in [0.3, 0.4) is 0 Å². The lowest BCUT2D eigenvalue weighted by Gasteiger charge is -2.11. The summed E-state index contributed by atoms with van der Waals surface area (Å²) in [6.07, 6.45) is -3.13. The van der Waals surface area contributed by atoms with Crippen LogP contribution in [0.15, 0.2) is 36.9 Å². The minimum Gasteiger partial charge on any atom is -0.166 e. The third-order valence-corrected chi connectivity index (χ3v) is 3.65. The molecule has 0 amide bonds. The normalized spacial score (nSPS) is 11.6. The second-order valence-corrected chi connectivity index (χ2v) is 5.20. The third kappa shape index (κ3) is 2.48. The van der Waals surface area contributed by atoms with Gasteiger partial charge in [-0.05, 0) is 36.2 Å². The number of benzene rings is 1. The van der Waals surface area contributed by atoms with E-state index in [2.05, 4.69) is 6.58 Å². The molecular weight excluding hydrogens is 257 g/mol. The van der Waals surface area contributed by atoms with Gasteiger partial charge in [0.05, 0.1) is 5.56 Å². The van der Waals surface area contributed by atoms with E-state index in [-0.39, 0.29) is 5.56 Å². The summed E-state index contributed by atoms with van der Waals surface area (Å²) in [5.41, 5.74) is 0.0617. The first kappa shape index (κ1) is 12.9. The van der Waals surface area contributed by atoms with Crippen LogP contribution in [-0.4, -0.2) is 0 Å². The number of hydrogen-bond donors (Lipinski definition) is 0. The summed E-state index contributed by atoms with van der Waals surface area (Å²) < 4.78 is 38.7. The Labute approximate surface area is 107 Å². The highest BCUT2D eigenvalue weighted by molar-refractivity contribution is 7.15. The molecule has 0 spiro atoms. The van der Waals surface area contributed by atoms with Gasteiger partial charge in [-0.2, -0.15) is 13.2 Å². The molecule has 1 aromatic heterocycles. The molecule has 0 bridgehead atoms. The minimum atomic E-state index is -4.36. The van der Waals surface area contributed by atoms with Gasteiger partial charge in [0.1, 0.15) is 0 Å². The van der Waals surface area contributed by atoms with E-state index in [0.717, 1.165) is 9.75 Å². The van der Waals surface area contributed by atoms with Crippen LogP contribution in [-0.2, 0) is 6.18 Å². The van der Waals surface area contributed by atoms with Gasteiger partial charge in [-0.25, -0.2) is 0 Å². The van der Waals surface area contributed by atoms with Crippen molar-refractivity contribution in [3.05, 3.63) is 52.9 Å². The van der Waals surface area contributed by atoms with Gasteiger partial charge in [0.25, 0.3) is 0 Å². The number of thiophene rings is 1. The molecule has 0 aliphatic carbocycles. The molecule has 1 aromatic carbocycles. The van der Waals surface area contributed by atoms with Crippen molar-refractivity contribution >= 4 is 17.4 Å². The molecule has 0 aliphatic heterocycles. The molecule has 0 fully saturated rings. The highest BCUT2D eigenvalue weighted by Gasteiger charge is 2.33. The van der Waals surface area contributed by atoms with Crippen molar-refractivity contribution < 1.29 is 13.2 Å². The van der Waals surface area contributed by atoms with Gasteiger partial charge < -0.3 is 0 Å². The van der Waals surface area contributed by atoms with E-state index in [1.165, 1.54) is 29.5 Å². The second-order valence-electron chi connectivity index (χ2n) is 3.91. The summed E-state index contributed by atoms with van der Waals surface area (Å²) in [5.74, 6) is 0. The summed E-state index contributed by atoms with van der Waals surface area (Å²) in [6, 6.07) is 8.07. The molecule has 0 N–H and O–H groups in total. The van der Waals surface area contributed by atoms with Crippen LogP contribution in [0.4, 0.5) is 13.2 Å². The van der Waals surface area contributed by atoms with Crippen LogP contribution in [0.2, 0.25) is 0 Å². The Kier molecular flexibility index (Phi) is 3.30. The van der Waals surface area contributed by atoms with Crippen molar-refractivity contribution in [2.45, 2.75) is 13.1 Å². The molecule has 0 atom stereocenters. The van der Waals surface area contributed by atoms with Gasteiger partial charge in [0.15, 0.2) is 0 Å². The molecule has 0 saturated carbocycles. The number of halogens is 3. The predicted octanol–water partition coefficient (Wildman–Crippen LogP) is 5.39. The Morgan fingerprint density at radius 2 is 1.89 bits per heavy atom. The van der Waals surface area contributed by atoms with Gasteiger partial charge in [0, 0.05) is 9.75 Å². The van der Waals surface area contributed by atoms with Gasteiger partial charge in [-0.15, -0.1) is 11.3 Å². The molecule has 0 aliphatic rings. The van der Waals surface area contributed by atoms with Gasteiger partial charge >= 0.3 is 6.18 Å². The maximum Gasteiger partial charge on any atom is 0.417 e. The van der Waals surface area contributed by atoms with Gasteiger partial charge in [-0.3, -0.25) is 0 Å². The molecule has 0 radical (unpaired) electrons. The smallest absolute Gasteiger partial charge is 0.166 e. The maximum absolute atomic E-state index is 12.9. The van der Waals surface area contributed by atoms with E-state index in [1.54, 1.807) is 6.07 Å². The van der Waals surface area contributed by atoms with Crippen molar-refractivity contribution in [2.75, 3.05) is 0 Å². The monoisotopic (exact) mass is 268 g/mol. The third-order valence-electron chi connectivity index (χ3n) is 2.60. The Hall–Kier alpha value is -1.55. The van der Waals surface area contributed by atoms with E-state index < -0.39 is 11.7 Å². The summed E-state index contributed by atoms with van der Waals surface area (Å²) in [7, 11) is 0. The molecule has 0 nitrogen and oxygen atoms in total. The summed E-state index contributed by atoms with van der Waals surface area (Å²) in [6.45, 7) is 5.34. The lowest BCUT2D eigenvalue weighted by molar-refractivity contribution is -0.137. The highest BCUT2D eigenvalue weighted by Crippen LogP contribution is 2.36. The zero-order valence-corrected chi connectivity index (χ0v) is 10.5. The molecule has 0 unspecified atom stereocenters. The fraction of sp³-hybridized carbons (Fsp3) is 0.143. The summed E-state index contributed by atoms with van der Waals surface area (Å²) >= 11 is 1.48. The SMILES string of the molecule is C=Cc1ccc(-c2ccc(C)s2)cc1C(F)(F)F. The maximum atomic E-state index is 12.9. The first-order valence-corrected chi connectivity index (χ1v) is 6.14. The van der Waals surface area contributed by atoms with E-state index >= 15 is 0 Å². The lowest BCUT2D eigenvalue weighted by atomic mass is 10.0. The fourth-order valence-corrected chi connectivity index (χ4v) is 2.59. The molecule has 4 heteroatoms. The average Bonchev–Trinajstić information content (AvgIpc) is 2.74. The first-order chi connectivity index (χ1) is 8.41. The van der Waals surface area contributed by atoms with Crippen LogP contribution < -0.4 is 0 Å². The molecule has 0 saturated heterocycles. The summed E-state index contributed by atoms with van der Waals surface area (Å²) in [5, 5.41) is 0. The van der Waals surface area contributed by atoms with Crippen LogP contribution >= 0.6 is 11.3 Å². The number of hydrogen-bond acceptors (Lipinski definition) is 1. The minimum absolute atomic E-state index is 0.111. The summed E-state index contributed by atoms with van der Waals surface area (Å²) in [4.78, 5) is 1.92. The van der Waals surface area contributed by atoms with Crippen molar-refractivity contribution in [1.82, 2.24) is 0 Å². The molecule has 18 heavy (non-hydrogen) atoms. The largest absolute Gasteiger partial charge is 0.417 e. The first-order valence-electron chi connectivity index (χ1n) is 5.32. The van der Waals surface area contributed by atoms with Gasteiger partial charge in [0.2, 0.25) is 0 Å². The zero-order valence-electron chi connectivity index (χ0n) is 9.71. The quantitative estimate of drug-likeness (QED) is 0.685. The Bertz CT molecular complexity index is 579. The van der Waals surface area contributed by atoms with Crippen LogP contribution in [0.25, 0.3) is 16.5 Å². The standard InChI is InChI=1S/C14H11F3S/c1-3-10-5-6-11(8-12(10)14(15,16)17)13-7-4-9(2)18-13/h3-8H,1H2,2H3. The topological polar surface area (TPSA) is 0 Å². The Balaban J connectivity index is 2.56. The van der Waals surface area contributed by atoms with Crippen molar-refractivity contribution in [3.8, 4) is 10.4 Å². The Morgan fingerprint density at radius 1 is 1.17 bits per heavy atom. The van der Waals surface area contributed by atoms with Crippen molar-refractivity contribution in [1.29, 1.82) is 0 Å². The number of aryl methyl sites for hydroxylation is 1. The molecule has 2 aromatic rings. The molecule has 94 valence electrons. The van der Waals surface area contributed by atoms with E-state index in [9.17, 15) is 13.2 Å². The van der Waals surface area contributed by atoms with E-state index in [1.807, 2.05) is 19.1 Å². The molecular formula is C14H11F3S. The van der Waals surface area contributed by atoms with Crippen molar-refractivity contribution in [3.63, 3.8) is 0 Å². The predicted molar refractivity (Wildman–Crippen MR) is 69.6 cm³/mol. The number of alkyl halides is 3. The highest BCUT2D eigenvalue weighted by atomic mass is 32.1. The molecule has 1 heterocycles. The van der Waals surface area contributed by atoms with Crippen molar-refractivity contribution in [2.24, 2.45) is 0 Å². The van der Waals surface area contributed by atoms with Crippen LogP contribution in [0.1, 0.15) is 16.0 Å². The molecule has 2 rings (SSSR count).